The van der Waals surface area contributed by atoms with Gasteiger partial charge in [-0.05, 0) is 30.7 Å². The molecular formula is C19H22N2O6S. The highest BCUT2D eigenvalue weighted by molar-refractivity contribution is 7.92. The number of carbonyl (C=O) groups excluding carboxylic acids is 1. The molecule has 1 amide bonds. The van der Waals surface area contributed by atoms with Crippen molar-refractivity contribution in [2.45, 2.75) is 17.7 Å². The van der Waals surface area contributed by atoms with Crippen LogP contribution in [0.25, 0.3) is 0 Å². The molecule has 0 atom stereocenters. The van der Waals surface area contributed by atoms with Crippen LogP contribution in [0.15, 0.2) is 41.3 Å². The maximum atomic E-state index is 12.8. The molecule has 1 fully saturated rings. The third-order valence-corrected chi connectivity index (χ3v) is 5.88. The molecule has 0 aliphatic carbocycles. The summed E-state index contributed by atoms with van der Waals surface area (Å²) in [6.45, 7) is 0.614. The van der Waals surface area contributed by atoms with E-state index in [0.717, 1.165) is 6.42 Å². The monoisotopic (exact) mass is 406 g/mol. The topological polar surface area (TPSA) is 94.2 Å². The van der Waals surface area contributed by atoms with Crippen LogP contribution in [0, 0.1) is 0 Å². The molecule has 2 aromatic rings. The van der Waals surface area contributed by atoms with Crippen LogP contribution in [-0.4, -0.2) is 42.2 Å². The second kappa shape index (κ2) is 7.97. The Hall–Kier alpha value is -2.94. The fourth-order valence-electron chi connectivity index (χ4n) is 3.07. The zero-order valence-corrected chi connectivity index (χ0v) is 16.7. The zero-order chi connectivity index (χ0) is 20.3. The highest BCUT2D eigenvalue weighted by Crippen LogP contribution is 2.35. The Bertz CT molecular complexity index is 990. The highest BCUT2D eigenvalue weighted by Gasteiger charge is 2.25. The van der Waals surface area contributed by atoms with Gasteiger partial charge < -0.3 is 19.1 Å². The zero-order valence-electron chi connectivity index (χ0n) is 15.9. The summed E-state index contributed by atoms with van der Waals surface area (Å²) in [4.78, 5) is 13.6. The summed E-state index contributed by atoms with van der Waals surface area (Å²) in [5.74, 6) is 1.09. The normalized spacial score (nSPS) is 14.1. The van der Waals surface area contributed by atoms with Gasteiger partial charge in [0.1, 0.15) is 22.1 Å². The molecule has 0 unspecified atom stereocenters. The molecule has 1 heterocycles. The lowest BCUT2D eigenvalue weighted by atomic mass is 10.2. The van der Waals surface area contributed by atoms with E-state index in [1.165, 1.54) is 33.5 Å². The average Bonchev–Trinajstić information content (AvgIpc) is 3.12. The van der Waals surface area contributed by atoms with Crippen LogP contribution in [0.2, 0.25) is 0 Å². The maximum absolute atomic E-state index is 12.8. The molecule has 1 saturated heterocycles. The highest BCUT2D eigenvalue weighted by atomic mass is 32.2. The third kappa shape index (κ3) is 3.84. The van der Waals surface area contributed by atoms with Gasteiger partial charge in [-0.3, -0.25) is 9.52 Å². The van der Waals surface area contributed by atoms with E-state index in [1.807, 2.05) is 0 Å². The van der Waals surface area contributed by atoms with Crippen molar-refractivity contribution in [3.63, 3.8) is 0 Å². The minimum atomic E-state index is -3.92. The van der Waals surface area contributed by atoms with Gasteiger partial charge in [0.25, 0.3) is 10.0 Å². The van der Waals surface area contributed by atoms with Crippen LogP contribution < -0.4 is 23.8 Å². The van der Waals surface area contributed by atoms with Gasteiger partial charge in [-0.2, -0.15) is 0 Å². The summed E-state index contributed by atoms with van der Waals surface area (Å²) in [6, 6.07) is 9.27. The number of sulfonamides is 1. The first-order chi connectivity index (χ1) is 13.4. The molecule has 2 aromatic carbocycles. The number of anilines is 2. The summed E-state index contributed by atoms with van der Waals surface area (Å²) < 4.78 is 43.9. The third-order valence-electron chi connectivity index (χ3n) is 4.46. The number of nitrogens with one attached hydrogen (secondary N) is 1. The Morgan fingerprint density at radius 1 is 0.964 bits per heavy atom. The standard InChI is InChI=1S/C19H22N2O6S/c1-25-14-7-9-18(17(12-14)27-3)28(23,24)20-13-6-8-15(16(11-13)26-2)21-10-4-5-19(21)22/h6-9,11-12,20H,4-5,10H2,1-3H3. The Morgan fingerprint density at radius 3 is 2.32 bits per heavy atom. The predicted octanol–water partition coefficient (Wildman–Crippen LogP) is 2.64. The fourth-order valence-corrected chi connectivity index (χ4v) is 4.28. The van der Waals surface area contributed by atoms with Crippen LogP contribution in [0.1, 0.15) is 12.8 Å². The Morgan fingerprint density at radius 2 is 1.71 bits per heavy atom. The van der Waals surface area contributed by atoms with Gasteiger partial charge >= 0.3 is 0 Å². The van der Waals surface area contributed by atoms with Crippen molar-refractivity contribution >= 4 is 27.3 Å². The summed E-state index contributed by atoms with van der Waals surface area (Å²) in [6.07, 6.45) is 1.28. The summed E-state index contributed by atoms with van der Waals surface area (Å²) >= 11 is 0. The van der Waals surface area contributed by atoms with E-state index in [2.05, 4.69) is 4.72 Å². The van der Waals surface area contributed by atoms with E-state index in [0.29, 0.717) is 35.8 Å². The van der Waals surface area contributed by atoms with Crippen molar-refractivity contribution in [2.24, 2.45) is 0 Å². The minimum absolute atomic E-state index is 0.0198. The molecule has 8 nitrogen and oxygen atoms in total. The number of hydrogen-bond donors (Lipinski definition) is 1. The van der Waals surface area contributed by atoms with E-state index in [4.69, 9.17) is 14.2 Å². The first-order valence-corrected chi connectivity index (χ1v) is 10.1. The van der Waals surface area contributed by atoms with Crippen LogP contribution in [0.4, 0.5) is 11.4 Å². The minimum Gasteiger partial charge on any atom is -0.497 e. The van der Waals surface area contributed by atoms with Crippen LogP contribution in [0.5, 0.6) is 17.2 Å². The second-order valence-corrected chi connectivity index (χ2v) is 7.81. The molecule has 0 bridgehead atoms. The molecule has 0 radical (unpaired) electrons. The molecule has 1 N–H and O–H groups in total. The number of methoxy groups -OCH3 is 3. The van der Waals surface area contributed by atoms with Crippen LogP contribution in [-0.2, 0) is 14.8 Å². The largest absolute Gasteiger partial charge is 0.497 e. The van der Waals surface area contributed by atoms with Gasteiger partial charge in [0.05, 0.1) is 32.7 Å². The predicted molar refractivity (Wildman–Crippen MR) is 105 cm³/mol. The number of hydrogen-bond acceptors (Lipinski definition) is 6. The number of nitrogens with zero attached hydrogens (tertiary/aromatic N) is 1. The number of benzene rings is 2. The van der Waals surface area contributed by atoms with Gasteiger partial charge in [0.15, 0.2) is 0 Å². The Labute approximate surface area is 164 Å². The lowest BCUT2D eigenvalue weighted by molar-refractivity contribution is -0.117. The quantitative estimate of drug-likeness (QED) is 0.760. The molecule has 9 heteroatoms. The lowest BCUT2D eigenvalue weighted by Gasteiger charge is -2.20. The molecule has 1 aliphatic rings. The summed E-state index contributed by atoms with van der Waals surface area (Å²) in [5.41, 5.74) is 0.931. The lowest BCUT2D eigenvalue weighted by Crippen LogP contribution is -2.24. The van der Waals surface area contributed by atoms with Gasteiger partial charge in [0, 0.05) is 25.1 Å². The van der Waals surface area contributed by atoms with Crippen molar-refractivity contribution in [1.82, 2.24) is 0 Å². The summed E-state index contributed by atoms with van der Waals surface area (Å²) in [5, 5.41) is 0. The van der Waals surface area contributed by atoms with Crippen molar-refractivity contribution in [3.05, 3.63) is 36.4 Å². The second-order valence-electron chi connectivity index (χ2n) is 6.16. The molecule has 0 spiro atoms. The van der Waals surface area contributed by atoms with Gasteiger partial charge in [-0.1, -0.05) is 0 Å². The number of ether oxygens (including phenoxy) is 3. The molecular weight excluding hydrogens is 384 g/mol. The Balaban J connectivity index is 1.91. The molecule has 150 valence electrons. The summed E-state index contributed by atoms with van der Waals surface area (Å²) in [7, 11) is 0.435. The molecule has 1 aliphatic heterocycles. The van der Waals surface area contributed by atoms with Crippen molar-refractivity contribution in [2.75, 3.05) is 37.5 Å². The smallest absolute Gasteiger partial charge is 0.265 e. The maximum Gasteiger partial charge on any atom is 0.265 e. The van der Waals surface area contributed by atoms with E-state index < -0.39 is 10.0 Å². The first-order valence-electron chi connectivity index (χ1n) is 8.63. The van der Waals surface area contributed by atoms with Crippen LogP contribution in [0.3, 0.4) is 0 Å². The van der Waals surface area contributed by atoms with Gasteiger partial charge in [-0.25, -0.2) is 8.42 Å². The number of amides is 1. The average molecular weight is 406 g/mol. The molecule has 0 aromatic heterocycles. The SMILES string of the molecule is COc1ccc(S(=O)(=O)Nc2ccc(N3CCCC3=O)c(OC)c2)c(OC)c1. The number of carbonyl (C=O) groups is 1. The van der Waals surface area contributed by atoms with Crippen molar-refractivity contribution in [3.8, 4) is 17.2 Å². The fraction of sp³-hybridized carbons (Fsp3) is 0.316. The van der Waals surface area contributed by atoms with Crippen molar-refractivity contribution in [1.29, 1.82) is 0 Å². The van der Waals surface area contributed by atoms with E-state index >= 15 is 0 Å². The van der Waals surface area contributed by atoms with E-state index in [9.17, 15) is 13.2 Å². The molecule has 28 heavy (non-hydrogen) atoms. The van der Waals surface area contributed by atoms with Gasteiger partial charge in [-0.15, -0.1) is 0 Å². The van der Waals surface area contributed by atoms with Gasteiger partial charge in [0.2, 0.25) is 5.91 Å². The molecule has 3 rings (SSSR count). The van der Waals surface area contributed by atoms with Crippen molar-refractivity contribution < 1.29 is 27.4 Å². The first kappa shape index (κ1) is 19.8. The van der Waals surface area contributed by atoms with E-state index in [1.54, 1.807) is 29.2 Å². The number of rotatable bonds is 7. The van der Waals surface area contributed by atoms with Crippen LogP contribution >= 0.6 is 0 Å². The van der Waals surface area contributed by atoms with E-state index in [-0.39, 0.29) is 16.6 Å². The Kier molecular flexibility index (Phi) is 5.64. The molecule has 0 saturated carbocycles.